The molecule has 3 rings (SSSR count). The van der Waals surface area contributed by atoms with Gasteiger partial charge in [-0.3, -0.25) is 25.1 Å². The monoisotopic (exact) mass is 337 g/mol. The number of carbonyl (C=O) groups excluding carboxylic acids is 2. The van der Waals surface area contributed by atoms with Gasteiger partial charge in [-0.15, -0.1) is 0 Å². The van der Waals surface area contributed by atoms with E-state index >= 15 is 0 Å². The van der Waals surface area contributed by atoms with Crippen molar-refractivity contribution in [1.29, 1.82) is 0 Å². The summed E-state index contributed by atoms with van der Waals surface area (Å²) in [6.07, 6.45) is 1.21. The molecule has 9 nitrogen and oxygen atoms in total. The zero-order valence-electron chi connectivity index (χ0n) is 12.6. The number of imide groups is 1. The standard InChI is InChI=1S/C14H10N4O5.Na/c19-12-7-17(14(20)16-12)8-15-13-6-5-11(23-13)9-1-3-10(4-2-9)18(21)22;/h1-6,8H,7H2,(H,16,19,20);/q;+1. The normalized spacial score (nSPS) is 13.9. The number of nitrogens with zero attached hydrogens (tertiary/aromatic N) is 3. The van der Waals surface area contributed by atoms with E-state index in [9.17, 15) is 19.7 Å². The predicted molar refractivity (Wildman–Crippen MR) is 79.2 cm³/mol. The quantitative estimate of drug-likeness (QED) is 0.193. The smallest absolute Gasteiger partial charge is 0.438 e. The van der Waals surface area contributed by atoms with Gasteiger partial charge in [0.1, 0.15) is 18.6 Å². The number of aliphatic imine (C=N–C) groups is 1. The first kappa shape index (κ1) is 17.9. The summed E-state index contributed by atoms with van der Waals surface area (Å²) >= 11 is 0. The molecule has 1 aliphatic heterocycles. The summed E-state index contributed by atoms with van der Waals surface area (Å²) in [5.74, 6) is 0.326. The second-order valence-corrected chi connectivity index (χ2v) is 4.67. The molecule has 1 aromatic heterocycles. The molecule has 0 spiro atoms. The van der Waals surface area contributed by atoms with Crippen molar-refractivity contribution < 1.29 is 48.5 Å². The Hall–Kier alpha value is -2.49. The number of nitro benzene ring substituents is 1. The molecule has 0 aliphatic carbocycles. The van der Waals surface area contributed by atoms with Crippen LogP contribution in [0.2, 0.25) is 0 Å². The van der Waals surface area contributed by atoms with Crippen LogP contribution >= 0.6 is 0 Å². The number of urea groups is 1. The summed E-state index contributed by atoms with van der Waals surface area (Å²) in [6.45, 7) is -0.0851. The number of non-ortho nitro benzene ring substituents is 1. The van der Waals surface area contributed by atoms with E-state index in [1.54, 1.807) is 24.3 Å². The van der Waals surface area contributed by atoms with Crippen molar-refractivity contribution >= 4 is 29.8 Å². The summed E-state index contributed by atoms with van der Waals surface area (Å²) in [5, 5.41) is 12.7. The number of benzene rings is 1. The van der Waals surface area contributed by atoms with Crippen LogP contribution in [0.15, 0.2) is 45.8 Å². The van der Waals surface area contributed by atoms with Crippen molar-refractivity contribution in [2.75, 3.05) is 6.54 Å². The fourth-order valence-electron chi connectivity index (χ4n) is 1.98. The minimum atomic E-state index is -0.541. The van der Waals surface area contributed by atoms with Gasteiger partial charge in [0.05, 0.1) is 4.92 Å². The van der Waals surface area contributed by atoms with Gasteiger partial charge in [0.15, 0.2) is 0 Å². The van der Waals surface area contributed by atoms with E-state index in [1.807, 2.05) is 0 Å². The van der Waals surface area contributed by atoms with E-state index in [1.165, 1.54) is 18.5 Å². The number of nitro groups is 1. The molecule has 0 saturated carbocycles. The Morgan fingerprint density at radius 2 is 1.92 bits per heavy atom. The number of furan rings is 1. The Labute approximate surface area is 157 Å². The number of rotatable bonds is 4. The average molecular weight is 337 g/mol. The zero-order chi connectivity index (χ0) is 16.4. The molecule has 1 N–H and O–H groups in total. The second kappa shape index (κ2) is 7.39. The molecule has 10 heteroatoms. The molecule has 1 saturated heterocycles. The molecule has 0 radical (unpaired) electrons. The van der Waals surface area contributed by atoms with Gasteiger partial charge in [0.25, 0.3) is 5.69 Å². The maximum absolute atomic E-state index is 11.3. The Morgan fingerprint density at radius 3 is 2.50 bits per heavy atom. The molecule has 2 heterocycles. The van der Waals surface area contributed by atoms with E-state index in [4.69, 9.17) is 4.42 Å². The van der Waals surface area contributed by atoms with Crippen LogP contribution in [0.3, 0.4) is 0 Å². The molecule has 3 amide bonds. The van der Waals surface area contributed by atoms with Crippen LogP contribution in [-0.4, -0.2) is 34.6 Å². The second-order valence-electron chi connectivity index (χ2n) is 4.67. The minimum Gasteiger partial charge on any atom is -0.438 e. The number of carbonyl (C=O) groups is 2. The SMILES string of the molecule is O=C1CN(C=Nc2ccc(-c3ccc([N+](=O)[O-])cc3)o2)C(=O)N1.[Na+]. The van der Waals surface area contributed by atoms with Crippen molar-refractivity contribution in [2.45, 2.75) is 0 Å². The molecule has 0 unspecified atom stereocenters. The largest absolute Gasteiger partial charge is 1.00 e. The van der Waals surface area contributed by atoms with Crippen molar-refractivity contribution in [1.82, 2.24) is 10.2 Å². The molecule has 1 aliphatic rings. The fraction of sp³-hybridized carbons (Fsp3) is 0.0714. The summed E-state index contributed by atoms with van der Waals surface area (Å²) in [4.78, 5) is 37.6. The summed E-state index contributed by atoms with van der Waals surface area (Å²) in [6, 6.07) is 8.59. The molecule has 0 atom stereocenters. The maximum atomic E-state index is 11.3. The third kappa shape index (κ3) is 3.88. The Balaban J connectivity index is 0.00000208. The van der Waals surface area contributed by atoms with Gasteiger partial charge in [-0.2, -0.15) is 0 Å². The maximum Gasteiger partial charge on any atom is 1.00 e. The van der Waals surface area contributed by atoms with Gasteiger partial charge in [0.2, 0.25) is 11.8 Å². The third-order valence-corrected chi connectivity index (χ3v) is 3.10. The van der Waals surface area contributed by atoms with Crippen LogP contribution in [0, 0.1) is 10.1 Å². The van der Waals surface area contributed by atoms with E-state index in [0.717, 1.165) is 4.90 Å². The zero-order valence-corrected chi connectivity index (χ0v) is 14.6. The van der Waals surface area contributed by atoms with Gasteiger partial charge in [-0.1, -0.05) is 0 Å². The summed E-state index contributed by atoms with van der Waals surface area (Å²) < 4.78 is 5.48. The first-order valence-electron chi connectivity index (χ1n) is 6.52. The van der Waals surface area contributed by atoms with Gasteiger partial charge >= 0.3 is 35.6 Å². The van der Waals surface area contributed by atoms with Gasteiger partial charge in [0, 0.05) is 23.8 Å². The molecule has 0 bridgehead atoms. The van der Waals surface area contributed by atoms with Crippen LogP contribution < -0.4 is 34.9 Å². The Morgan fingerprint density at radius 1 is 1.21 bits per heavy atom. The van der Waals surface area contributed by atoms with Crippen molar-refractivity contribution in [2.24, 2.45) is 4.99 Å². The molecule has 116 valence electrons. The first-order valence-corrected chi connectivity index (χ1v) is 6.52. The van der Waals surface area contributed by atoms with E-state index in [-0.39, 0.29) is 47.7 Å². The predicted octanol–water partition coefficient (Wildman–Crippen LogP) is -0.930. The van der Waals surface area contributed by atoms with Crippen molar-refractivity contribution in [3.05, 3.63) is 46.5 Å². The van der Waals surface area contributed by atoms with Gasteiger partial charge in [-0.05, 0) is 18.2 Å². The molecule has 1 aromatic carbocycles. The average Bonchev–Trinajstić information content (AvgIpc) is 3.11. The molecule has 2 aromatic rings. The number of hydrogen-bond donors (Lipinski definition) is 1. The van der Waals surface area contributed by atoms with Crippen LogP contribution in [0.25, 0.3) is 11.3 Å². The molecular formula is C14H10N4NaO5+. The topological polar surface area (TPSA) is 118 Å². The molecule has 1 fully saturated rings. The Kier molecular flexibility index (Phi) is 5.50. The third-order valence-electron chi connectivity index (χ3n) is 3.10. The van der Waals surface area contributed by atoms with Crippen molar-refractivity contribution in [3.8, 4) is 11.3 Å². The van der Waals surface area contributed by atoms with Crippen LogP contribution in [0.4, 0.5) is 16.4 Å². The number of nitrogens with one attached hydrogen (secondary N) is 1. The van der Waals surface area contributed by atoms with Crippen LogP contribution in [0.5, 0.6) is 0 Å². The van der Waals surface area contributed by atoms with Gasteiger partial charge in [-0.25, -0.2) is 9.79 Å². The Bertz CT molecular complexity index is 815. The van der Waals surface area contributed by atoms with E-state index in [2.05, 4.69) is 10.3 Å². The number of amides is 3. The first-order chi connectivity index (χ1) is 11.0. The van der Waals surface area contributed by atoms with Crippen molar-refractivity contribution in [3.63, 3.8) is 0 Å². The summed E-state index contributed by atoms with van der Waals surface area (Å²) in [5.41, 5.74) is 0.648. The molecular weight excluding hydrogens is 327 g/mol. The van der Waals surface area contributed by atoms with Gasteiger partial charge < -0.3 is 4.42 Å². The minimum absolute atomic E-state index is 0. The van der Waals surface area contributed by atoms with Crippen LogP contribution in [0.1, 0.15) is 0 Å². The van der Waals surface area contributed by atoms with E-state index in [0.29, 0.717) is 11.3 Å². The van der Waals surface area contributed by atoms with Crippen LogP contribution in [-0.2, 0) is 4.79 Å². The summed E-state index contributed by atoms with van der Waals surface area (Å²) in [7, 11) is 0. The molecule has 24 heavy (non-hydrogen) atoms. The fourth-order valence-corrected chi connectivity index (χ4v) is 1.98. The van der Waals surface area contributed by atoms with E-state index < -0.39 is 16.9 Å². The number of hydrogen-bond acceptors (Lipinski definition) is 6.